The van der Waals surface area contributed by atoms with Crippen LogP contribution in [0.2, 0.25) is 0 Å². The molecule has 0 saturated heterocycles. The van der Waals surface area contributed by atoms with Gasteiger partial charge in [0.2, 0.25) is 5.91 Å². The molecule has 0 radical (unpaired) electrons. The van der Waals surface area contributed by atoms with Crippen molar-refractivity contribution in [2.45, 2.75) is 32.7 Å². The zero-order valence-corrected chi connectivity index (χ0v) is 27.9. The van der Waals surface area contributed by atoms with Gasteiger partial charge in [0.1, 0.15) is 5.54 Å². The Morgan fingerprint density at radius 1 is 0.857 bits per heavy atom. The van der Waals surface area contributed by atoms with E-state index in [-0.39, 0.29) is 17.7 Å². The molecule has 2 aromatic heterocycles. The molecule has 0 bridgehead atoms. The molecule has 1 amide bonds. The Morgan fingerprint density at radius 2 is 1.45 bits per heavy atom. The number of hydrogen-bond donors (Lipinski definition) is 2. The van der Waals surface area contributed by atoms with Gasteiger partial charge in [-0.3, -0.25) is 4.79 Å². The number of carbonyl (C=O) groups is 1. The highest BCUT2D eigenvalue weighted by Crippen LogP contribution is 2.44. The Labute approximate surface area is 285 Å². The third-order valence-electron chi connectivity index (χ3n) is 8.60. The molecular formula is C39H40FN7O2. The number of fused-ring (bicyclic) bond motifs is 1. The second-order valence-electron chi connectivity index (χ2n) is 11.7. The molecular weight excluding hydrogens is 617 g/mol. The summed E-state index contributed by atoms with van der Waals surface area (Å²) in [6.45, 7) is 8.94. The quantitative estimate of drug-likeness (QED) is 0.0919. The number of nitrogens with zero attached hydrogens (tertiary/aromatic N) is 5. The van der Waals surface area contributed by atoms with Gasteiger partial charge in [0.25, 0.3) is 0 Å². The number of anilines is 3. The fourth-order valence-electron chi connectivity index (χ4n) is 6.25. The van der Waals surface area contributed by atoms with E-state index in [2.05, 4.69) is 75.7 Å². The third kappa shape index (κ3) is 7.00. The molecule has 0 saturated carbocycles. The topological polar surface area (TPSA) is 97.2 Å². The van der Waals surface area contributed by atoms with E-state index < -0.39 is 11.4 Å². The second-order valence-corrected chi connectivity index (χ2v) is 11.7. The van der Waals surface area contributed by atoms with Crippen LogP contribution >= 0.6 is 0 Å². The average Bonchev–Trinajstić information content (AvgIpc) is 3.48. The van der Waals surface area contributed by atoms with Crippen LogP contribution in [0.25, 0.3) is 10.9 Å². The van der Waals surface area contributed by atoms with Gasteiger partial charge in [0, 0.05) is 24.5 Å². The molecule has 6 aromatic rings. The maximum Gasteiger partial charge on any atom is 0.318 e. The number of carbonyl (C=O) groups excluding carboxylic acids is 1. The summed E-state index contributed by atoms with van der Waals surface area (Å²) in [5, 5.41) is 11.8. The van der Waals surface area contributed by atoms with E-state index in [1.165, 1.54) is 6.92 Å². The van der Waals surface area contributed by atoms with Gasteiger partial charge in [-0.15, -0.1) is 0 Å². The number of halogens is 1. The Kier molecular flexibility index (Phi) is 10.2. The minimum absolute atomic E-state index is 0.0197. The van der Waals surface area contributed by atoms with Crippen LogP contribution in [-0.2, 0) is 10.3 Å². The zero-order chi connectivity index (χ0) is 34.2. The van der Waals surface area contributed by atoms with Crippen molar-refractivity contribution in [1.29, 1.82) is 0 Å². The summed E-state index contributed by atoms with van der Waals surface area (Å²) in [7, 11) is 0. The van der Waals surface area contributed by atoms with E-state index in [1.807, 2.05) is 77.5 Å². The molecule has 0 aliphatic carbocycles. The minimum atomic E-state index is -0.913. The van der Waals surface area contributed by atoms with Crippen molar-refractivity contribution >= 4 is 34.1 Å². The third-order valence-corrected chi connectivity index (χ3v) is 8.60. The lowest BCUT2D eigenvalue weighted by Crippen LogP contribution is -2.38. The molecule has 0 aliphatic heterocycles. The van der Waals surface area contributed by atoms with Crippen molar-refractivity contribution in [2.24, 2.45) is 0 Å². The highest BCUT2D eigenvalue weighted by molar-refractivity contribution is 6.00. The minimum Gasteiger partial charge on any atom is -0.463 e. The maximum atomic E-state index is 15.0. The monoisotopic (exact) mass is 657 g/mol. The van der Waals surface area contributed by atoms with Crippen LogP contribution in [0.1, 0.15) is 43.9 Å². The van der Waals surface area contributed by atoms with Gasteiger partial charge in [0.15, 0.2) is 17.5 Å². The molecule has 10 heteroatoms. The number of ether oxygens (including phenoxy) is 1. The van der Waals surface area contributed by atoms with Crippen molar-refractivity contribution in [1.82, 2.24) is 24.6 Å². The van der Waals surface area contributed by atoms with Gasteiger partial charge >= 0.3 is 6.01 Å². The summed E-state index contributed by atoms with van der Waals surface area (Å²) < 4.78 is 22.7. The molecule has 49 heavy (non-hydrogen) atoms. The van der Waals surface area contributed by atoms with E-state index in [4.69, 9.17) is 9.84 Å². The highest BCUT2D eigenvalue weighted by Gasteiger charge is 2.41. The standard InChI is InChI=1S/C39H40FN7O2/c1-4-46(5-2)24-15-25-49-38-41-27-34(40)37(44-38)43-32-22-23-35-33(26-32)36(42-28(3)48)45-47(35)39(29-16-9-6-10-17-29,30-18-11-7-12-19-30)31-20-13-8-14-21-31/h6-14,16-23,26-27H,4-5,15,24-25H2,1-3H3,(H,41,43,44)(H,42,45,48). The molecule has 4 aromatic carbocycles. The summed E-state index contributed by atoms with van der Waals surface area (Å²) in [6, 6.07) is 36.2. The first-order valence-corrected chi connectivity index (χ1v) is 16.6. The molecule has 250 valence electrons. The first-order valence-electron chi connectivity index (χ1n) is 16.6. The van der Waals surface area contributed by atoms with E-state index >= 15 is 4.39 Å². The van der Waals surface area contributed by atoms with Gasteiger partial charge in [-0.25, -0.2) is 14.1 Å². The summed E-state index contributed by atoms with van der Waals surface area (Å²) in [6.07, 6.45) is 1.90. The molecule has 9 nitrogen and oxygen atoms in total. The summed E-state index contributed by atoms with van der Waals surface area (Å²) in [5.41, 5.74) is 3.35. The summed E-state index contributed by atoms with van der Waals surface area (Å²) >= 11 is 0. The van der Waals surface area contributed by atoms with E-state index in [9.17, 15) is 4.79 Å². The zero-order valence-electron chi connectivity index (χ0n) is 27.9. The van der Waals surface area contributed by atoms with E-state index in [0.717, 1.165) is 54.5 Å². The molecule has 0 spiro atoms. The number of amides is 1. The molecule has 0 aliphatic rings. The average molecular weight is 658 g/mol. The maximum absolute atomic E-state index is 15.0. The second kappa shape index (κ2) is 15.1. The fraction of sp³-hybridized carbons (Fsp3) is 0.231. The van der Waals surface area contributed by atoms with Crippen molar-refractivity contribution < 1.29 is 13.9 Å². The highest BCUT2D eigenvalue weighted by atomic mass is 19.1. The summed E-state index contributed by atoms with van der Waals surface area (Å²) in [5.74, 6) is -0.531. The van der Waals surface area contributed by atoms with Crippen LogP contribution in [-0.4, -0.2) is 56.8 Å². The number of hydrogen-bond acceptors (Lipinski definition) is 7. The normalized spacial score (nSPS) is 11.5. The van der Waals surface area contributed by atoms with E-state index in [1.54, 1.807) is 0 Å². The van der Waals surface area contributed by atoms with Gasteiger partial charge in [-0.1, -0.05) is 105 Å². The Balaban J connectivity index is 1.44. The Bertz CT molecular complexity index is 1900. The van der Waals surface area contributed by atoms with E-state index in [0.29, 0.717) is 23.5 Å². The summed E-state index contributed by atoms with van der Waals surface area (Å²) in [4.78, 5) is 23.2. The lowest BCUT2D eigenvalue weighted by atomic mass is 9.77. The van der Waals surface area contributed by atoms with Crippen molar-refractivity contribution in [2.75, 3.05) is 36.9 Å². The largest absolute Gasteiger partial charge is 0.463 e. The Hall–Kier alpha value is -5.61. The predicted octanol–water partition coefficient (Wildman–Crippen LogP) is 7.62. The van der Waals surface area contributed by atoms with Crippen LogP contribution in [0.15, 0.2) is 115 Å². The van der Waals surface area contributed by atoms with Gasteiger partial charge in [0.05, 0.1) is 18.3 Å². The lowest BCUT2D eigenvalue weighted by Gasteiger charge is -2.37. The first kappa shape index (κ1) is 33.3. The van der Waals surface area contributed by atoms with Crippen LogP contribution in [0.5, 0.6) is 6.01 Å². The van der Waals surface area contributed by atoms with Crippen molar-refractivity contribution in [3.05, 3.63) is 138 Å². The number of benzene rings is 4. The first-order chi connectivity index (χ1) is 23.9. The van der Waals surface area contributed by atoms with Crippen LogP contribution < -0.4 is 15.4 Å². The SMILES string of the molecule is CCN(CC)CCCOc1ncc(F)c(Nc2ccc3c(c2)c(NC(C)=O)nn3C(c2ccccc2)(c2ccccc2)c2ccccc2)n1. The van der Waals surface area contributed by atoms with Gasteiger partial charge in [-0.2, -0.15) is 10.1 Å². The number of aromatic nitrogens is 4. The van der Waals surface area contributed by atoms with Crippen LogP contribution in [0, 0.1) is 5.82 Å². The molecule has 2 N–H and O–H groups in total. The fourth-order valence-corrected chi connectivity index (χ4v) is 6.25. The van der Waals surface area contributed by atoms with Crippen LogP contribution in [0.4, 0.5) is 21.7 Å². The molecule has 0 atom stereocenters. The van der Waals surface area contributed by atoms with Gasteiger partial charge in [-0.05, 0) is 54.4 Å². The van der Waals surface area contributed by atoms with Crippen molar-refractivity contribution in [3.63, 3.8) is 0 Å². The smallest absolute Gasteiger partial charge is 0.318 e. The molecule has 0 unspecified atom stereocenters. The van der Waals surface area contributed by atoms with Crippen molar-refractivity contribution in [3.8, 4) is 6.01 Å². The molecule has 0 fully saturated rings. The number of nitrogens with one attached hydrogen (secondary N) is 2. The predicted molar refractivity (Wildman–Crippen MR) is 192 cm³/mol. The molecule has 2 heterocycles. The molecule has 6 rings (SSSR count). The number of rotatable bonds is 14. The lowest BCUT2D eigenvalue weighted by molar-refractivity contribution is -0.114. The van der Waals surface area contributed by atoms with Crippen LogP contribution in [0.3, 0.4) is 0 Å². The van der Waals surface area contributed by atoms with Gasteiger partial charge < -0.3 is 20.3 Å². The Morgan fingerprint density at radius 3 is 2.00 bits per heavy atom.